The van der Waals surface area contributed by atoms with Gasteiger partial charge in [-0.1, -0.05) is 17.9 Å². The zero-order valence-electron chi connectivity index (χ0n) is 10.6. The summed E-state index contributed by atoms with van der Waals surface area (Å²) >= 11 is 0. The molecule has 4 nitrogen and oxygen atoms in total. The molecule has 0 saturated heterocycles. The van der Waals surface area contributed by atoms with Gasteiger partial charge < -0.3 is 10.3 Å². The number of hydrogen-bond donors (Lipinski definition) is 1. The summed E-state index contributed by atoms with van der Waals surface area (Å²) in [6.45, 7) is 0.569. The average molecular weight is 259 g/mol. The summed E-state index contributed by atoms with van der Waals surface area (Å²) in [5, 5.41) is 0. The van der Waals surface area contributed by atoms with E-state index >= 15 is 0 Å². The van der Waals surface area contributed by atoms with E-state index in [1.165, 1.54) is 10.6 Å². The Kier molecular flexibility index (Phi) is 3.83. The molecule has 0 spiro atoms. The van der Waals surface area contributed by atoms with Gasteiger partial charge in [-0.15, -0.1) is 0 Å². The van der Waals surface area contributed by atoms with E-state index in [2.05, 4.69) is 11.8 Å². The number of hydrogen-bond acceptors (Lipinski definition) is 2. The zero-order valence-corrected chi connectivity index (χ0v) is 10.6. The molecule has 0 fully saturated rings. The summed E-state index contributed by atoms with van der Waals surface area (Å²) in [5.41, 5.74) is 6.27. The molecule has 1 aromatic heterocycles. The van der Waals surface area contributed by atoms with E-state index in [0.717, 1.165) is 5.56 Å². The third-order valence-electron chi connectivity index (χ3n) is 2.73. The molecule has 0 aliphatic carbocycles. The number of aromatic nitrogens is 2. The van der Waals surface area contributed by atoms with Crippen molar-refractivity contribution >= 4 is 0 Å². The van der Waals surface area contributed by atoms with E-state index in [1.807, 2.05) is 0 Å². The lowest BCUT2D eigenvalue weighted by atomic mass is 10.1. The van der Waals surface area contributed by atoms with Crippen molar-refractivity contribution in [1.29, 1.82) is 0 Å². The molecule has 98 valence electrons. The van der Waals surface area contributed by atoms with Crippen LogP contribution in [0.5, 0.6) is 0 Å². The Balaban J connectivity index is 2.31. The number of nitrogens with zero attached hydrogens (tertiary/aromatic N) is 2. The third kappa shape index (κ3) is 2.92. The van der Waals surface area contributed by atoms with Crippen molar-refractivity contribution in [2.75, 3.05) is 6.54 Å². The number of aryl methyl sites for hydroxylation is 1. The first-order valence-electron chi connectivity index (χ1n) is 5.81. The van der Waals surface area contributed by atoms with Crippen LogP contribution < -0.4 is 11.4 Å². The van der Waals surface area contributed by atoms with Crippen molar-refractivity contribution in [3.05, 3.63) is 58.0 Å². The van der Waals surface area contributed by atoms with Crippen molar-refractivity contribution in [3.8, 4) is 11.8 Å². The summed E-state index contributed by atoms with van der Waals surface area (Å²) in [7, 11) is 1.68. The lowest BCUT2D eigenvalue weighted by molar-refractivity contribution is 0.622. The number of imidazole rings is 1. The monoisotopic (exact) mass is 259 g/mol. The molecule has 2 rings (SSSR count). The van der Waals surface area contributed by atoms with Crippen molar-refractivity contribution in [2.24, 2.45) is 12.8 Å². The van der Waals surface area contributed by atoms with E-state index in [4.69, 9.17) is 5.73 Å². The smallest absolute Gasteiger partial charge is 0.320 e. The second-order valence-electron chi connectivity index (χ2n) is 4.14. The summed E-state index contributed by atoms with van der Waals surface area (Å²) < 4.78 is 16.5. The van der Waals surface area contributed by atoms with Gasteiger partial charge in [-0.05, 0) is 17.7 Å². The van der Waals surface area contributed by atoms with Gasteiger partial charge >= 0.3 is 5.69 Å². The van der Waals surface area contributed by atoms with Gasteiger partial charge in [0.05, 0.1) is 18.7 Å². The highest BCUT2D eigenvalue weighted by molar-refractivity contribution is 5.38. The van der Waals surface area contributed by atoms with Crippen LogP contribution >= 0.6 is 0 Å². The van der Waals surface area contributed by atoms with Gasteiger partial charge in [-0.2, -0.15) is 0 Å². The van der Waals surface area contributed by atoms with Crippen LogP contribution in [0.4, 0.5) is 4.39 Å². The lowest BCUT2D eigenvalue weighted by Crippen LogP contribution is -2.22. The number of halogens is 1. The molecular formula is C14H14FN3O. The summed E-state index contributed by atoms with van der Waals surface area (Å²) in [6, 6.07) is 4.63. The Morgan fingerprint density at radius 2 is 2.16 bits per heavy atom. The van der Waals surface area contributed by atoms with E-state index in [-0.39, 0.29) is 18.1 Å². The molecule has 2 aromatic rings. The minimum atomic E-state index is -0.384. The van der Waals surface area contributed by atoms with Crippen molar-refractivity contribution in [3.63, 3.8) is 0 Å². The van der Waals surface area contributed by atoms with Gasteiger partial charge in [-0.25, -0.2) is 9.18 Å². The molecule has 0 saturated carbocycles. The van der Waals surface area contributed by atoms with Crippen molar-refractivity contribution in [1.82, 2.24) is 9.13 Å². The van der Waals surface area contributed by atoms with Crippen LogP contribution in [0.1, 0.15) is 11.1 Å². The highest BCUT2D eigenvalue weighted by Gasteiger charge is 2.04. The largest absolute Gasteiger partial charge is 0.328 e. The van der Waals surface area contributed by atoms with Gasteiger partial charge in [-0.3, -0.25) is 4.57 Å². The molecule has 1 heterocycles. The van der Waals surface area contributed by atoms with Gasteiger partial charge in [0.2, 0.25) is 0 Å². The maximum atomic E-state index is 13.5. The lowest BCUT2D eigenvalue weighted by Gasteiger charge is -2.03. The standard InChI is InChI=1S/C14H14FN3O/c1-17-7-8-18(14(17)19)10-11-4-5-13(15)12(9-11)3-2-6-16/h4-5,7-9H,6,10,16H2,1H3. The van der Waals surface area contributed by atoms with Gasteiger partial charge in [0.15, 0.2) is 0 Å². The molecule has 0 atom stereocenters. The molecule has 0 unspecified atom stereocenters. The van der Waals surface area contributed by atoms with Gasteiger partial charge in [0.1, 0.15) is 5.82 Å². The average Bonchev–Trinajstić information content (AvgIpc) is 2.71. The van der Waals surface area contributed by atoms with E-state index in [9.17, 15) is 9.18 Å². The summed E-state index contributed by atoms with van der Waals surface area (Å²) in [6.07, 6.45) is 3.37. The van der Waals surface area contributed by atoms with Crippen LogP contribution in [0, 0.1) is 17.7 Å². The second-order valence-corrected chi connectivity index (χ2v) is 4.14. The van der Waals surface area contributed by atoms with Crippen molar-refractivity contribution in [2.45, 2.75) is 6.54 Å². The molecule has 0 amide bonds. The third-order valence-corrected chi connectivity index (χ3v) is 2.73. The van der Waals surface area contributed by atoms with E-state index in [0.29, 0.717) is 12.1 Å². The first kappa shape index (κ1) is 13.1. The number of nitrogens with two attached hydrogens (primary N) is 1. The molecule has 5 heteroatoms. The molecular weight excluding hydrogens is 245 g/mol. The summed E-state index contributed by atoms with van der Waals surface area (Å²) in [5.74, 6) is 4.91. The Bertz CT molecular complexity index is 703. The van der Waals surface area contributed by atoms with Crippen LogP contribution in [0.2, 0.25) is 0 Å². The normalized spacial score (nSPS) is 10.1. The van der Waals surface area contributed by atoms with Crippen LogP contribution in [0.25, 0.3) is 0 Å². The Labute approximate surface area is 110 Å². The van der Waals surface area contributed by atoms with Crippen LogP contribution in [-0.2, 0) is 13.6 Å². The first-order valence-corrected chi connectivity index (χ1v) is 5.81. The second kappa shape index (κ2) is 5.55. The number of benzene rings is 1. The SMILES string of the molecule is Cn1ccn(Cc2ccc(F)c(C#CCN)c2)c1=O. The predicted molar refractivity (Wildman–Crippen MR) is 71.1 cm³/mol. The maximum Gasteiger partial charge on any atom is 0.328 e. The topological polar surface area (TPSA) is 52.9 Å². The van der Waals surface area contributed by atoms with Crippen LogP contribution in [0.15, 0.2) is 35.4 Å². The molecule has 0 aliphatic rings. The fourth-order valence-corrected chi connectivity index (χ4v) is 1.74. The van der Waals surface area contributed by atoms with Crippen LogP contribution in [0.3, 0.4) is 0 Å². The van der Waals surface area contributed by atoms with Gasteiger partial charge in [0.25, 0.3) is 0 Å². The molecule has 0 bridgehead atoms. The van der Waals surface area contributed by atoms with Gasteiger partial charge in [0, 0.05) is 19.4 Å². The first-order chi connectivity index (χ1) is 9.11. The molecule has 0 aliphatic heterocycles. The number of rotatable bonds is 2. The zero-order chi connectivity index (χ0) is 13.8. The van der Waals surface area contributed by atoms with E-state index < -0.39 is 0 Å². The van der Waals surface area contributed by atoms with E-state index in [1.54, 1.807) is 36.1 Å². The highest BCUT2D eigenvalue weighted by atomic mass is 19.1. The molecule has 19 heavy (non-hydrogen) atoms. The Hall–Kier alpha value is -2.32. The van der Waals surface area contributed by atoms with Crippen LogP contribution in [-0.4, -0.2) is 15.7 Å². The molecule has 2 N–H and O–H groups in total. The Morgan fingerprint density at radius 3 is 2.79 bits per heavy atom. The Morgan fingerprint density at radius 1 is 1.37 bits per heavy atom. The van der Waals surface area contributed by atoms with Crippen molar-refractivity contribution < 1.29 is 4.39 Å². The fourth-order valence-electron chi connectivity index (χ4n) is 1.74. The predicted octanol–water partition coefficient (Wildman–Crippen LogP) is 0.684. The molecule has 1 aromatic carbocycles. The minimum Gasteiger partial charge on any atom is -0.320 e. The quantitative estimate of drug-likeness (QED) is 0.807. The summed E-state index contributed by atoms with van der Waals surface area (Å²) in [4.78, 5) is 11.7. The minimum absolute atomic E-state index is 0.112. The molecule has 0 radical (unpaired) electrons. The maximum absolute atomic E-state index is 13.5. The highest BCUT2D eigenvalue weighted by Crippen LogP contribution is 2.10. The fraction of sp³-hybridized carbons (Fsp3) is 0.214.